The van der Waals surface area contributed by atoms with Crippen LogP contribution in [0.15, 0.2) is 91.0 Å². The molecule has 0 radical (unpaired) electrons. The molecule has 0 aromatic heterocycles. The zero-order valence-electron chi connectivity index (χ0n) is 86.6. The standard InChI is InChI=1S/2C10H22N2.3C10H21N.3C10H15N.C7H17N.2C6H15N.C5H13N.C2H6/c1-9(2)11-8-10-4-6-12(3)7-5-10;1-9(2)11-7-10-5-4-6-12(3)8-10;6*1-9(2)11-8-10-6-4-3-5-7-10;1-4-5-6-8-7(2)3;1-5(2)7-6(3)4;1-4-5-7-6(2)3;1-4-6-5(2)3;1-2/h2*9-11H,4-8H2,1-3H3;3*9-11H,3-8H2,1-2H3;3*3-7,9,11H,8H2,1-2H3;7-8H,4-6H2,1-3H3;5-7H,1-4H3;6-7H,4-5H2,1-3H3;5-6H,4H2,1-3H3;1-2H3. The Labute approximate surface area is 753 Å². The van der Waals surface area contributed by atoms with Gasteiger partial charge in [-0.2, -0.15) is 0 Å². The third-order valence-electron chi connectivity index (χ3n) is 20.6. The van der Waals surface area contributed by atoms with Gasteiger partial charge < -0.3 is 73.6 Å². The van der Waals surface area contributed by atoms with Crippen molar-refractivity contribution in [1.29, 1.82) is 0 Å². The Morgan fingerprint density at radius 1 is 0.258 bits per heavy atom. The van der Waals surface area contributed by atoms with E-state index in [1.165, 1.54) is 223 Å². The molecule has 712 valence electrons. The summed E-state index contributed by atoms with van der Waals surface area (Å²) in [6.45, 7) is 84.8. The molecule has 3 saturated carbocycles. The number of rotatable bonds is 35. The second-order valence-corrected chi connectivity index (χ2v) is 38.7. The second-order valence-electron chi connectivity index (χ2n) is 38.7. The van der Waals surface area contributed by atoms with Gasteiger partial charge in [0, 0.05) is 105 Å². The predicted octanol–water partition coefficient (Wildman–Crippen LogP) is 23.5. The fraction of sp³-hybridized carbons (Fsp3) is 0.830. The fourth-order valence-electron chi connectivity index (χ4n) is 13.7. The van der Waals surface area contributed by atoms with E-state index in [-0.39, 0.29) is 0 Å². The Bertz CT molecular complexity index is 2180. The average Bonchev–Trinajstić information content (AvgIpc) is 0.918. The lowest BCUT2D eigenvalue weighted by Crippen LogP contribution is -2.39. The van der Waals surface area contributed by atoms with Gasteiger partial charge in [-0.15, -0.1) is 0 Å². The summed E-state index contributed by atoms with van der Waals surface area (Å²) in [6, 6.07) is 39.5. The summed E-state index contributed by atoms with van der Waals surface area (Å²) >= 11 is 0. The highest BCUT2D eigenvalue weighted by Crippen LogP contribution is 2.25. The van der Waals surface area contributed by atoms with Crippen LogP contribution in [0.1, 0.15) is 373 Å². The molecule has 3 aliphatic carbocycles. The molecule has 0 amide bonds. The number of likely N-dealkylation sites (tertiary alicyclic amines) is 2. The zero-order valence-corrected chi connectivity index (χ0v) is 86.6. The lowest BCUT2D eigenvalue weighted by molar-refractivity contribution is 0.204. The molecular formula is C106H218N14. The van der Waals surface area contributed by atoms with Crippen molar-refractivity contribution < 1.29 is 0 Å². The van der Waals surface area contributed by atoms with Crippen molar-refractivity contribution in [2.75, 3.05) is 92.6 Å². The SMILES string of the molecule is CC.CC(C)NC(C)C.CC(C)NCC1CCCCC1.CC(C)NCC1CCCCC1.CC(C)NCC1CCCCC1.CC(C)NCC1CCCN(C)C1.CC(C)NCC1CCN(C)CC1.CC(C)NCc1ccccc1.CC(C)NCc1ccccc1.CC(C)NCc1ccccc1.CCCCNC(C)C.CCCNC(C)C.CCNC(C)C. The minimum absolute atomic E-state index is 0.565. The maximum Gasteiger partial charge on any atom is 0.0207 e. The molecule has 5 fully saturated rings. The van der Waals surface area contributed by atoms with E-state index >= 15 is 0 Å². The summed E-state index contributed by atoms with van der Waals surface area (Å²) in [7, 11) is 4.44. The number of unbranched alkanes of at least 4 members (excludes halogenated alkanes) is 1. The van der Waals surface area contributed by atoms with Crippen LogP contribution in [0, 0.1) is 29.6 Å². The van der Waals surface area contributed by atoms with Crippen molar-refractivity contribution in [3.05, 3.63) is 108 Å². The van der Waals surface area contributed by atoms with Crippen LogP contribution in [0.3, 0.4) is 0 Å². The Morgan fingerprint density at radius 3 is 0.733 bits per heavy atom. The predicted molar refractivity (Wildman–Crippen MR) is 546 cm³/mol. The molecular weight excluding hydrogens is 1470 g/mol. The van der Waals surface area contributed by atoms with Gasteiger partial charge in [0.25, 0.3) is 0 Å². The summed E-state index contributed by atoms with van der Waals surface area (Å²) in [5, 5.41) is 40.8. The smallest absolute Gasteiger partial charge is 0.0207 e. The van der Waals surface area contributed by atoms with Gasteiger partial charge in [0.2, 0.25) is 0 Å². The van der Waals surface area contributed by atoms with E-state index in [0.717, 1.165) is 62.3 Å². The van der Waals surface area contributed by atoms with Crippen molar-refractivity contribution in [1.82, 2.24) is 73.6 Å². The molecule has 2 aliphatic heterocycles. The largest absolute Gasteiger partial charge is 0.315 e. The minimum atomic E-state index is 0.565. The van der Waals surface area contributed by atoms with Crippen LogP contribution < -0.4 is 63.8 Å². The maximum atomic E-state index is 3.52. The summed E-state index contributed by atoms with van der Waals surface area (Å²) in [4.78, 5) is 4.86. The first-order chi connectivity index (χ1) is 57.0. The molecule has 5 aliphatic rings. The zero-order chi connectivity index (χ0) is 91.5. The molecule has 14 nitrogen and oxygen atoms in total. The van der Waals surface area contributed by atoms with Gasteiger partial charge in [-0.1, -0.05) is 370 Å². The third-order valence-corrected chi connectivity index (χ3v) is 20.6. The number of hydrogen-bond acceptors (Lipinski definition) is 14. The van der Waals surface area contributed by atoms with Crippen molar-refractivity contribution in [3.8, 4) is 0 Å². The van der Waals surface area contributed by atoms with Crippen LogP contribution >= 0.6 is 0 Å². The highest BCUT2D eigenvalue weighted by atomic mass is 15.1. The Hall–Kier alpha value is -2.90. The van der Waals surface area contributed by atoms with Crippen molar-refractivity contribution in [3.63, 3.8) is 0 Å². The lowest BCUT2D eigenvalue weighted by Gasteiger charge is -2.30. The van der Waals surface area contributed by atoms with E-state index in [9.17, 15) is 0 Å². The molecule has 120 heavy (non-hydrogen) atoms. The van der Waals surface area contributed by atoms with Gasteiger partial charge >= 0.3 is 0 Å². The molecule has 0 bridgehead atoms. The Kier molecular flexibility index (Phi) is 95.1. The quantitative estimate of drug-likeness (QED) is 0.0253. The molecule has 3 aromatic rings. The number of nitrogens with one attached hydrogen (secondary N) is 12. The third kappa shape index (κ3) is 102. The first-order valence-electron chi connectivity index (χ1n) is 50.4. The monoisotopic (exact) mass is 1690 g/mol. The average molecular weight is 1690 g/mol. The van der Waals surface area contributed by atoms with E-state index in [4.69, 9.17) is 0 Å². The lowest BCUT2D eigenvalue weighted by atomic mass is 9.89. The van der Waals surface area contributed by atoms with Crippen LogP contribution in [0.4, 0.5) is 0 Å². The van der Waals surface area contributed by atoms with Gasteiger partial charge in [-0.25, -0.2) is 0 Å². The summed E-state index contributed by atoms with van der Waals surface area (Å²) in [6.07, 6.45) is 31.3. The van der Waals surface area contributed by atoms with Gasteiger partial charge in [-0.3, -0.25) is 0 Å². The van der Waals surface area contributed by atoms with E-state index in [2.05, 4.69) is 361 Å². The number of piperidine rings is 2. The normalized spacial score (nSPS) is 16.0. The highest BCUT2D eigenvalue weighted by molar-refractivity contribution is 5.16. The van der Waals surface area contributed by atoms with Gasteiger partial charge in [0.15, 0.2) is 0 Å². The van der Waals surface area contributed by atoms with E-state index in [1.807, 2.05) is 32.0 Å². The van der Waals surface area contributed by atoms with Gasteiger partial charge in [0.1, 0.15) is 0 Å². The van der Waals surface area contributed by atoms with Crippen LogP contribution in [0.2, 0.25) is 0 Å². The summed E-state index contributed by atoms with van der Waals surface area (Å²) < 4.78 is 0. The summed E-state index contributed by atoms with van der Waals surface area (Å²) in [5.74, 6) is 4.73. The Balaban J connectivity index is -0.000000402. The minimum Gasteiger partial charge on any atom is -0.315 e. The first kappa shape index (κ1) is 126. The first-order valence-corrected chi connectivity index (χ1v) is 50.4. The molecule has 2 heterocycles. The van der Waals surface area contributed by atoms with Crippen LogP contribution in [-0.4, -0.2) is 181 Å². The fourth-order valence-corrected chi connectivity index (χ4v) is 13.7. The van der Waals surface area contributed by atoms with E-state index in [0.29, 0.717) is 78.5 Å². The summed E-state index contributed by atoms with van der Waals surface area (Å²) in [5.41, 5.74) is 4.05. The van der Waals surface area contributed by atoms with E-state index < -0.39 is 0 Å². The molecule has 0 spiro atoms. The maximum absolute atomic E-state index is 3.52. The van der Waals surface area contributed by atoms with Crippen molar-refractivity contribution >= 4 is 0 Å². The van der Waals surface area contributed by atoms with E-state index in [1.54, 1.807) is 0 Å². The second kappa shape index (κ2) is 90.9. The topological polar surface area (TPSA) is 151 Å². The molecule has 3 aromatic carbocycles. The number of hydrogen-bond donors (Lipinski definition) is 12. The number of nitrogens with zero attached hydrogens (tertiary/aromatic N) is 2. The molecule has 1 unspecified atom stereocenters. The number of benzene rings is 3. The van der Waals surface area contributed by atoms with Gasteiger partial charge in [-0.05, 0) is 209 Å². The highest BCUT2D eigenvalue weighted by Gasteiger charge is 2.19. The van der Waals surface area contributed by atoms with Crippen LogP contribution in [-0.2, 0) is 19.6 Å². The molecule has 14 heteroatoms. The van der Waals surface area contributed by atoms with Gasteiger partial charge in [0.05, 0.1) is 0 Å². The van der Waals surface area contributed by atoms with Crippen molar-refractivity contribution in [2.45, 2.75) is 454 Å². The van der Waals surface area contributed by atoms with Crippen LogP contribution in [0.25, 0.3) is 0 Å². The molecule has 1 atom stereocenters. The molecule has 8 rings (SSSR count). The van der Waals surface area contributed by atoms with Crippen LogP contribution in [0.5, 0.6) is 0 Å². The Morgan fingerprint density at radius 2 is 0.517 bits per heavy atom. The van der Waals surface area contributed by atoms with Crippen molar-refractivity contribution in [2.24, 2.45) is 29.6 Å². The molecule has 2 saturated heterocycles. The molecule has 12 N–H and O–H groups in total.